The standard InChI is InChI=1S/C14H17N3O2S2/c1-8-5-6-11(7-9(8)2)15-13-16-17-14(21-13)20-10(3)12(18)19-4/h5-7,10H,1-4H3,(H,15,16). The molecule has 1 N–H and O–H groups in total. The van der Waals surface area contributed by atoms with E-state index in [-0.39, 0.29) is 11.2 Å². The summed E-state index contributed by atoms with van der Waals surface area (Å²) in [5, 5.41) is 11.8. The van der Waals surface area contributed by atoms with E-state index in [4.69, 9.17) is 4.74 Å². The molecule has 0 saturated carbocycles. The number of thioether (sulfide) groups is 1. The summed E-state index contributed by atoms with van der Waals surface area (Å²) < 4.78 is 5.43. The molecule has 112 valence electrons. The number of esters is 1. The van der Waals surface area contributed by atoms with Crippen LogP contribution in [0.4, 0.5) is 10.8 Å². The van der Waals surface area contributed by atoms with Crippen molar-refractivity contribution in [2.24, 2.45) is 0 Å². The van der Waals surface area contributed by atoms with Crippen LogP contribution in [-0.2, 0) is 9.53 Å². The summed E-state index contributed by atoms with van der Waals surface area (Å²) in [6, 6.07) is 6.14. The maximum atomic E-state index is 11.4. The maximum absolute atomic E-state index is 11.4. The average Bonchev–Trinajstić information content (AvgIpc) is 2.89. The van der Waals surface area contributed by atoms with E-state index in [1.54, 1.807) is 6.92 Å². The van der Waals surface area contributed by atoms with Crippen LogP contribution in [0.3, 0.4) is 0 Å². The third kappa shape index (κ3) is 4.18. The topological polar surface area (TPSA) is 64.1 Å². The van der Waals surface area contributed by atoms with Crippen LogP contribution in [0.2, 0.25) is 0 Å². The van der Waals surface area contributed by atoms with Gasteiger partial charge in [-0.2, -0.15) is 0 Å². The normalized spacial score (nSPS) is 12.0. The average molecular weight is 323 g/mol. The lowest BCUT2D eigenvalue weighted by Crippen LogP contribution is -2.14. The SMILES string of the molecule is COC(=O)C(C)Sc1nnc(Nc2ccc(C)c(C)c2)s1. The van der Waals surface area contributed by atoms with Gasteiger partial charge in [0.2, 0.25) is 5.13 Å². The highest BCUT2D eigenvalue weighted by atomic mass is 32.2. The first-order valence-electron chi connectivity index (χ1n) is 6.42. The highest BCUT2D eigenvalue weighted by Gasteiger charge is 2.17. The number of nitrogens with zero attached hydrogens (tertiary/aromatic N) is 2. The minimum atomic E-state index is -0.294. The number of hydrogen-bond donors (Lipinski definition) is 1. The monoisotopic (exact) mass is 323 g/mol. The summed E-state index contributed by atoms with van der Waals surface area (Å²) in [4.78, 5) is 11.4. The molecule has 0 fully saturated rings. The van der Waals surface area contributed by atoms with Crippen molar-refractivity contribution in [1.82, 2.24) is 10.2 Å². The number of methoxy groups -OCH3 is 1. The second-order valence-corrected chi connectivity index (χ2v) is 7.15. The second-order valence-electron chi connectivity index (χ2n) is 4.58. The molecule has 1 aromatic heterocycles. The molecular weight excluding hydrogens is 306 g/mol. The zero-order valence-corrected chi connectivity index (χ0v) is 14.0. The van der Waals surface area contributed by atoms with Gasteiger partial charge in [0.05, 0.1) is 7.11 Å². The molecule has 1 atom stereocenters. The predicted molar refractivity (Wildman–Crippen MR) is 86.4 cm³/mol. The molecule has 21 heavy (non-hydrogen) atoms. The quantitative estimate of drug-likeness (QED) is 0.670. The predicted octanol–water partition coefficient (Wildman–Crippen LogP) is 3.55. The molecule has 0 spiro atoms. The van der Waals surface area contributed by atoms with Crippen molar-refractivity contribution in [2.45, 2.75) is 30.4 Å². The third-order valence-electron chi connectivity index (χ3n) is 2.98. The molecule has 1 heterocycles. The lowest BCUT2D eigenvalue weighted by Gasteiger charge is -2.05. The number of carbonyl (C=O) groups excluding carboxylic acids is 1. The van der Waals surface area contributed by atoms with Crippen molar-refractivity contribution < 1.29 is 9.53 Å². The van der Waals surface area contributed by atoms with E-state index < -0.39 is 0 Å². The molecule has 7 heteroatoms. The lowest BCUT2D eigenvalue weighted by molar-refractivity contribution is -0.139. The van der Waals surface area contributed by atoms with Crippen LogP contribution in [0, 0.1) is 13.8 Å². The fourth-order valence-electron chi connectivity index (χ4n) is 1.62. The fourth-order valence-corrected chi connectivity index (χ4v) is 3.56. The van der Waals surface area contributed by atoms with Gasteiger partial charge in [-0.3, -0.25) is 4.79 Å². The summed E-state index contributed by atoms with van der Waals surface area (Å²) in [6.07, 6.45) is 0. The maximum Gasteiger partial charge on any atom is 0.318 e. The van der Waals surface area contributed by atoms with E-state index in [0.717, 1.165) is 10.0 Å². The van der Waals surface area contributed by atoms with Crippen LogP contribution in [0.1, 0.15) is 18.1 Å². The zero-order valence-electron chi connectivity index (χ0n) is 12.3. The Bertz CT molecular complexity index is 643. The van der Waals surface area contributed by atoms with E-state index in [0.29, 0.717) is 5.13 Å². The molecule has 0 aliphatic heterocycles. The number of ether oxygens (including phenoxy) is 1. The van der Waals surface area contributed by atoms with E-state index in [9.17, 15) is 4.79 Å². The summed E-state index contributed by atoms with van der Waals surface area (Å²) >= 11 is 2.76. The van der Waals surface area contributed by atoms with Gasteiger partial charge in [0.1, 0.15) is 5.25 Å². The molecule has 1 aromatic carbocycles. The molecule has 1 unspecified atom stereocenters. The first kappa shape index (κ1) is 15.8. The molecule has 0 radical (unpaired) electrons. The van der Waals surface area contributed by atoms with Crippen LogP contribution in [-0.4, -0.2) is 28.5 Å². The molecule has 0 amide bonds. The first-order chi connectivity index (χ1) is 9.99. The Kier molecular flexibility index (Phi) is 5.19. The first-order valence-corrected chi connectivity index (χ1v) is 8.11. The van der Waals surface area contributed by atoms with Crippen molar-refractivity contribution in [3.63, 3.8) is 0 Å². The van der Waals surface area contributed by atoms with Gasteiger partial charge >= 0.3 is 5.97 Å². The van der Waals surface area contributed by atoms with E-state index >= 15 is 0 Å². The van der Waals surface area contributed by atoms with Crippen LogP contribution >= 0.6 is 23.1 Å². The van der Waals surface area contributed by atoms with Gasteiger partial charge < -0.3 is 10.1 Å². The van der Waals surface area contributed by atoms with Gasteiger partial charge in [0, 0.05) is 5.69 Å². The molecular formula is C14H17N3O2S2. The summed E-state index contributed by atoms with van der Waals surface area (Å²) in [5.41, 5.74) is 3.45. The Balaban J connectivity index is 2.02. The fraction of sp³-hybridized carbons (Fsp3) is 0.357. The van der Waals surface area contributed by atoms with Gasteiger partial charge in [-0.25, -0.2) is 0 Å². The highest BCUT2D eigenvalue weighted by Crippen LogP contribution is 2.31. The summed E-state index contributed by atoms with van der Waals surface area (Å²) in [5.74, 6) is -0.265. The molecule has 2 rings (SSSR count). The Morgan fingerprint density at radius 1 is 1.33 bits per heavy atom. The van der Waals surface area contributed by atoms with Crippen LogP contribution in [0.25, 0.3) is 0 Å². The van der Waals surface area contributed by atoms with Crippen molar-refractivity contribution >= 4 is 39.9 Å². The number of anilines is 2. The minimum absolute atomic E-state index is 0.265. The van der Waals surface area contributed by atoms with Gasteiger partial charge in [-0.05, 0) is 44.0 Å². The zero-order chi connectivity index (χ0) is 15.4. The van der Waals surface area contributed by atoms with Gasteiger partial charge in [-0.1, -0.05) is 29.2 Å². The molecule has 0 aliphatic carbocycles. The Morgan fingerprint density at radius 3 is 2.76 bits per heavy atom. The number of hydrogen-bond acceptors (Lipinski definition) is 7. The Morgan fingerprint density at radius 2 is 2.10 bits per heavy atom. The van der Waals surface area contributed by atoms with Gasteiger partial charge in [0.15, 0.2) is 4.34 Å². The number of carbonyl (C=O) groups is 1. The number of aromatic nitrogens is 2. The van der Waals surface area contributed by atoms with E-state index in [1.807, 2.05) is 6.07 Å². The van der Waals surface area contributed by atoms with Crippen LogP contribution < -0.4 is 5.32 Å². The van der Waals surface area contributed by atoms with E-state index in [2.05, 4.69) is 41.5 Å². The van der Waals surface area contributed by atoms with Gasteiger partial charge in [-0.15, -0.1) is 10.2 Å². The number of rotatable bonds is 5. The molecule has 5 nitrogen and oxygen atoms in total. The minimum Gasteiger partial charge on any atom is -0.468 e. The van der Waals surface area contributed by atoms with Crippen LogP contribution in [0.15, 0.2) is 22.5 Å². The molecule has 0 saturated heterocycles. The Hall–Kier alpha value is -1.60. The molecule has 0 aliphatic rings. The largest absolute Gasteiger partial charge is 0.468 e. The molecule has 0 bridgehead atoms. The van der Waals surface area contributed by atoms with Gasteiger partial charge in [0.25, 0.3) is 0 Å². The Labute approximate surface area is 132 Å². The highest BCUT2D eigenvalue weighted by molar-refractivity contribution is 8.02. The van der Waals surface area contributed by atoms with Crippen molar-refractivity contribution in [1.29, 1.82) is 0 Å². The summed E-state index contributed by atoms with van der Waals surface area (Å²) in [6.45, 7) is 5.93. The van der Waals surface area contributed by atoms with Crippen molar-refractivity contribution in [2.75, 3.05) is 12.4 Å². The summed E-state index contributed by atoms with van der Waals surface area (Å²) in [7, 11) is 1.38. The van der Waals surface area contributed by atoms with Crippen LogP contribution in [0.5, 0.6) is 0 Å². The van der Waals surface area contributed by atoms with Crippen molar-refractivity contribution in [3.8, 4) is 0 Å². The number of benzene rings is 1. The second kappa shape index (κ2) is 6.91. The number of aryl methyl sites for hydroxylation is 2. The molecule has 2 aromatic rings. The smallest absolute Gasteiger partial charge is 0.318 e. The van der Waals surface area contributed by atoms with Crippen molar-refractivity contribution in [3.05, 3.63) is 29.3 Å². The lowest BCUT2D eigenvalue weighted by atomic mass is 10.1. The van der Waals surface area contributed by atoms with E-state index in [1.165, 1.54) is 41.3 Å². The third-order valence-corrected chi connectivity index (χ3v) is 4.98. The number of nitrogens with one attached hydrogen (secondary N) is 1.